The van der Waals surface area contributed by atoms with Crippen molar-refractivity contribution < 1.29 is 4.79 Å². The molecule has 2 fully saturated rings. The van der Waals surface area contributed by atoms with Gasteiger partial charge in [-0.05, 0) is 30.6 Å². The number of nitrogens with two attached hydrogens (primary N) is 1. The Bertz CT molecular complexity index is 240. The van der Waals surface area contributed by atoms with Crippen LogP contribution in [0, 0.1) is 11.3 Å². The molecule has 2 aliphatic carbocycles. The van der Waals surface area contributed by atoms with Gasteiger partial charge in [0.1, 0.15) is 0 Å². The molecule has 1 amide bonds. The Morgan fingerprint density at radius 3 is 2.57 bits per heavy atom. The van der Waals surface area contributed by atoms with Gasteiger partial charge in [0.2, 0.25) is 5.91 Å². The second kappa shape index (κ2) is 3.23. The summed E-state index contributed by atoms with van der Waals surface area (Å²) < 4.78 is 0. The molecular formula is C11H20N2O. The summed E-state index contributed by atoms with van der Waals surface area (Å²) in [5.74, 6) is 0.757. The molecule has 80 valence electrons. The Kier molecular flexibility index (Phi) is 2.30. The van der Waals surface area contributed by atoms with Gasteiger partial charge in [-0.25, -0.2) is 0 Å². The number of amides is 1. The van der Waals surface area contributed by atoms with Crippen molar-refractivity contribution in [2.75, 3.05) is 0 Å². The van der Waals surface area contributed by atoms with Crippen LogP contribution in [0.5, 0.6) is 0 Å². The second-order valence-corrected chi connectivity index (χ2v) is 5.52. The van der Waals surface area contributed by atoms with Crippen LogP contribution in [-0.2, 0) is 4.79 Å². The highest BCUT2D eigenvalue weighted by Crippen LogP contribution is 2.44. The summed E-state index contributed by atoms with van der Waals surface area (Å²) in [5.41, 5.74) is 6.20. The Morgan fingerprint density at radius 1 is 1.57 bits per heavy atom. The van der Waals surface area contributed by atoms with E-state index in [0.29, 0.717) is 23.8 Å². The van der Waals surface area contributed by atoms with E-state index in [2.05, 4.69) is 19.2 Å². The third kappa shape index (κ3) is 2.27. The molecule has 2 aliphatic rings. The first kappa shape index (κ1) is 9.97. The zero-order chi connectivity index (χ0) is 10.3. The van der Waals surface area contributed by atoms with Crippen LogP contribution in [-0.4, -0.2) is 18.0 Å². The topological polar surface area (TPSA) is 55.1 Å². The normalized spacial score (nSPS) is 30.9. The van der Waals surface area contributed by atoms with Crippen molar-refractivity contribution in [3.63, 3.8) is 0 Å². The molecule has 3 nitrogen and oxygen atoms in total. The predicted molar refractivity (Wildman–Crippen MR) is 55.6 cm³/mol. The fourth-order valence-electron chi connectivity index (χ4n) is 1.87. The van der Waals surface area contributed by atoms with Crippen LogP contribution in [0.3, 0.4) is 0 Å². The summed E-state index contributed by atoms with van der Waals surface area (Å²) in [6.07, 6.45) is 4.04. The van der Waals surface area contributed by atoms with Gasteiger partial charge in [0, 0.05) is 18.5 Å². The fraction of sp³-hybridized carbons (Fsp3) is 0.909. The van der Waals surface area contributed by atoms with Crippen molar-refractivity contribution in [3.05, 3.63) is 0 Å². The summed E-state index contributed by atoms with van der Waals surface area (Å²) in [6.45, 7) is 4.36. The summed E-state index contributed by atoms with van der Waals surface area (Å²) >= 11 is 0. The van der Waals surface area contributed by atoms with E-state index in [1.165, 1.54) is 12.8 Å². The van der Waals surface area contributed by atoms with Crippen LogP contribution in [0.15, 0.2) is 0 Å². The summed E-state index contributed by atoms with van der Waals surface area (Å²) in [7, 11) is 0. The van der Waals surface area contributed by atoms with E-state index < -0.39 is 0 Å². The standard InChI is InChI=1S/C11H20N2O/c1-11(2)6-9(11)13-10(14)5-8(12)7-3-4-7/h7-9H,3-6,12H2,1-2H3,(H,13,14). The Hall–Kier alpha value is -0.570. The minimum Gasteiger partial charge on any atom is -0.353 e. The lowest BCUT2D eigenvalue weighted by molar-refractivity contribution is -0.121. The number of rotatable bonds is 4. The van der Waals surface area contributed by atoms with Gasteiger partial charge in [0.25, 0.3) is 0 Å². The number of carbonyl (C=O) groups excluding carboxylic acids is 1. The highest BCUT2D eigenvalue weighted by Gasteiger charge is 2.46. The molecule has 2 unspecified atom stereocenters. The highest BCUT2D eigenvalue weighted by molar-refractivity contribution is 5.77. The average Bonchev–Trinajstić information content (AvgIpc) is 2.89. The zero-order valence-corrected chi connectivity index (χ0v) is 9.05. The van der Waals surface area contributed by atoms with E-state index in [0.717, 1.165) is 6.42 Å². The van der Waals surface area contributed by atoms with E-state index >= 15 is 0 Å². The largest absolute Gasteiger partial charge is 0.353 e. The van der Waals surface area contributed by atoms with Gasteiger partial charge in [-0.15, -0.1) is 0 Å². The van der Waals surface area contributed by atoms with Crippen molar-refractivity contribution in [1.82, 2.24) is 5.32 Å². The van der Waals surface area contributed by atoms with Crippen LogP contribution in [0.2, 0.25) is 0 Å². The Labute approximate surface area is 85.4 Å². The third-order valence-corrected chi connectivity index (χ3v) is 3.50. The molecule has 0 aliphatic heterocycles. The van der Waals surface area contributed by atoms with E-state index in [1.807, 2.05) is 0 Å². The van der Waals surface area contributed by atoms with Crippen LogP contribution in [0.4, 0.5) is 0 Å². The molecular weight excluding hydrogens is 176 g/mol. The monoisotopic (exact) mass is 196 g/mol. The predicted octanol–water partition coefficient (Wildman–Crippen LogP) is 1.03. The maximum absolute atomic E-state index is 11.5. The Balaban J connectivity index is 1.68. The van der Waals surface area contributed by atoms with Crippen molar-refractivity contribution in [2.45, 2.75) is 51.6 Å². The van der Waals surface area contributed by atoms with Gasteiger partial charge < -0.3 is 11.1 Å². The molecule has 0 heterocycles. The summed E-state index contributed by atoms with van der Waals surface area (Å²) in [6, 6.07) is 0.485. The maximum Gasteiger partial charge on any atom is 0.221 e. The summed E-state index contributed by atoms with van der Waals surface area (Å²) in [4.78, 5) is 11.5. The second-order valence-electron chi connectivity index (χ2n) is 5.52. The molecule has 0 aromatic heterocycles. The number of nitrogens with one attached hydrogen (secondary N) is 1. The zero-order valence-electron chi connectivity index (χ0n) is 9.05. The van der Waals surface area contributed by atoms with Crippen LogP contribution in [0.25, 0.3) is 0 Å². The highest BCUT2D eigenvalue weighted by atomic mass is 16.1. The van der Waals surface area contributed by atoms with Crippen molar-refractivity contribution >= 4 is 5.91 Å². The molecule has 0 bridgehead atoms. The van der Waals surface area contributed by atoms with Crippen molar-refractivity contribution in [2.24, 2.45) is 17.1 Å². The van der Waals surface area contributed by atoms with Gasteiger partial charge >= 0.3 is 0 Å². The van der Waals surface area contributed by atoms with Gasteiger partial charge in [-0.3, -0.25) is 4.79 Å². The Morgan fingerprint density at radius 2 is 2.14 bits per heavy atom. The fourth-order valence-corrected chi connectivity index (χ4v) is 1.87. The van der Waals surface area contributed by atoms with Gasteiger partial charge in [0.05, 0.1) is 0 Å². The first-order valence-corrected chi connectivity index (χ1v) is 5.54. The van der Waals surface area contributed by atoms with E-state index in [1.54, 1.807) is 0 Å². The maximum atomic E-state index is 11.5. The first-order chi connectivity index (χ1) is 6.49. The van der Waals surface area contributed by atoms with Gasteiger partial charge in [-0.1, -0.05) is 13.8 Å². The third-order valence-electron chi connectivity index (χ3n) is 3.50. The summed E-state index contributed by atoms with van der Waals surface area (Å²) in [5, 5.41) is 3.04. The number of hydrogen-bond acceptors (Lipinski definition) is 2. The molecule has 0 radical (unpaired) electrons. The molecule has 0 saturated heterocycles. The van der Waals surface area contributed by atoms with Gasteiger partial charge in [0.15, 0.2) is 0 Å². The quantitative estimate of drug-likeness (QED) is 0.705. The van der Waals surface area contributed by atoms with E-state index in [4.69, 9.17) is 5.73 Å². The van der Waals surface area contributed by atoms with E-state index in [9.17, 15) is 4.79 Å². The average molecular weight is 196 g/mol. The van der Waals surface area contributed by atoms with Crippen LogP contribution in [0.1, 0.15) is 39.5 Å². The minimum absolute atomic E-state index is 0.0943. The molecule has 3 N–H and O–H groups in total. The number of hydrogen-bond donors (Lipinski definition) is 2. The lowest BCUT2D eigenvalue weighted by Crippen LogP contribution is -2.35. The van der Waals surface area contributed by atoms with Crippen molar-refractivity contribution in [1.29, 1.82) is 0 Å². The SMILES string of the molecule is CC1(C)CC1NC(=O)CC(N)C1CC1. The lowest BCUT2D eigenvalue weighted by Gasteiger charge is -2.11. The molecule has 2 atom stereocenters. The molecule has 0 aromatic carbocycles. The van der Waals surface area contributed by atoms with E-state index in [-0.39, 0.29) is 11.9 Å². The molecule has 14 heavy (non-hydrogen) atoms. The smallest absolute Gasteiger partial charge is 0.221 e. The molecule has 0 aromatic rings. The van der Waals surface area contributed by atoms with Crippen LogP contribution >= 0.6 is 0 Å². The van der Waals surface area contributed by atoms with Gasteiger partial charge in [-0.2, -0.15) is 0 Å². The number of carbonyl (C=O) groups is 1. The molecule has 2 saturated carbocycles. The lowest BCUT2D eigenvalue weighted by atomic mass is 10.1. The minimum atomic E-state index is 0.0943. The molecule has 2 rings (SSSR count). The first-order valence-electron chi connectivity index (χ1n) is 5.54. The molecule has 3 heteroatoms. The van der Waals surface area contributed by atoms with Crippen LogP contribution < -0.4 is 11.1 Å². The molecule has 0 spiro atoms. The van der Waals surface area contributed by atoms with Crippen molar-refractivity contribution in [3.8, 4) is 0 Å².